The summed E-state index contributed by atoms with van der Waals surface area (Å²) in [4.78, 5) is 11.6. The number of hydrogen-bond acceptors (Lipinski definition) is 3. The highest BCUT2D eigenvalue weighted by Gasteiger charge is 2.20. The standard InChI is InChI=1S/C18H23N3/c1-14-13-15(2)20-18(19-14)21-11-6-9-17(10-12-21)16-7-4-3-5-8-16/h3-5,7-8,13,17H,6,9-12H2,1-2H3. The van der Waals surface area contributed by atoms with Crippen LogP contribution in [-0.2, 0) is 0 Å². The first-order valence-corrected chi connectivity index (χ1v) is 7.84. The molecule has 1 aromatic carbocycles. The maximum Gasteiger partial charge on any atom is 0.225 e. The molecule has 0 radical (unpaired) electrons. The van der Waals surface area contributed by atoms with Crippen molar-refractivity contribution in [1.29, 1.82) is 0 Å². The number of anilines is 1. The highest BCUT2D eigenvalue weighted by atomic mass is 15.2. The predicted molar refractivity (Wildman–Crippen MR) is 86.8 cm³/mol. The van der Waals surface area contributed by atoms with Gasteiger partial charge in [0.05, 0.1) is 0 Å². The third kappa shape index (κ3) is 3.41. The summed E-state index contributed by atoms with van der Waals surface area (Å²) in [5.74, 6) is 1.57. The molecule has 0 aliphatic carbocycles. The number of nitrogens with zero attached hydrogens (tertiary/aromatic N) is 3. The molecule has 1 aliphatic rings. The summed E-state index contributed by atoms with van der Waals surface area (Å²) in [5, 5.41) is 0. The monoisotopic (exact) mass is 281 g/mol. The van der Waals surface area contributed by atoms with Crippen molar-refractivity contribution in [2.75, 3.05) is 18.0 Å². The maximum absolute atomic E-state index is 4.61. The van der Waals surface area contributed by atoms with E-state index in [-0.39, 0.29) is 0 Å². The summed E-state index contributed by atoms with van der Waals surface area (Å²) in [6, 6.07) is 12.9. The summed E-state index contributed by atoms with van der Waals surface area (Å²) in [5.41, 5.74) is 3.59. The molecule has 110 valence electrons. The van der Waals surface area contributed by atoms with Gasteiger partial charge in [-0.25, -0.2) is 9.97 Å². The van der Waals surface area contributed by atoms with E-state index >= 15 is 0 Å². The van der Waals surface area contributed by atoms with Gasteiger partial charge in [0.1, 0.15) is 0 Å². The fourth-order valence-corrected chi connectivity index (χ4v) is 3.20. The van der Waals surface area contributed by atoms with E-state index in [1.165, 1.54) is 24.8 Å². The van der Waals surface area contributed by atoms with Crippen molar-refractivity contribution in [2.24, 2.45) is 0 Å². The Balaban J connectivity index is 1.73. The van der Waals surface area contributed by atoms with E-state index in [1.54, 1.807) is 0 Å². The van der Waals surface area contributed by atoms with Crippen LogP contribution in [-0.4, -0.2) is 23.1 Å². The molecule has 3 nitrogen and oxygen atoms in total. The van der Waals surface area contributed by atoms with Gasteiger partial charge in [0.15, 0.2) is 0 Å². The Kier molecular flexibility index (Phi) is 4.18. The third-order valence-corrected chi connectivity index (χ3v) is 4.25. The van der Waals surface area contributed by atoms with Crippen LogP contribution in [0.2, 0.25) is 0 Å². The van der Waals surface area contributed by atoms with E-state index in [2.05, 4.69) is 45.2 Å². The van der Waals surface area contributed by atoms with Crippen molar-refractivity contribution in [1.82, 2.24) is 9.97 Å². The van der Waals surface area contributed by atoms with Crippen LogP contribution in [0.5, 0.6) is 0 Å². The average molecular weight is 281 g/mol. The van der Waals surface area contributed by atoms with Crippen molar-refractivity contribution in [3.63, 3.8) is 0 Å². The Morgan fingerprint density at radius 2 is 1.67 bits per heavy atom. The van der Waals surface area contributed by atoms with E-state index in [1.807, 2.05) is 19.9 Å². The Hall–Kier alpha value is -1.90. The summed E-state index contributed by atoms with van der Waals surface area (Å²) in [6.45, 7) is 6.19. The molecule has 21 heavy (non-hydrogen) atoms. The lowest BCUT2D eigenvalue weighted by molar-refractivity contribution is 0.611. The maximum atomic E-state index is 4.61. The molecule has 1 aliphatic heterocycles. The molecule has 1 aromatic heterocycles. The van der Waals surface area contributed by atoms with E-state index in [0.29, 0.717) is 5.92 Å². The van der Waals surface area contributed by atoms with Gasteiger partial charge in [-0.2, -0.15) is 0 Å². The van der Waals surface area contributed by atoms with Crippen molar-refractivity contribution >= 4 is 5.95 Å². The number of benzene rings is 1. The minimum Gasteiger partial charge on any atom is -0.341 e. The summed E-state index contributed by atoms with van der Waals surface area (Å²) in [6.07, 6.45) is 3.64. The van der Waals surface area contributed by atoms with Crippen LogP contribution in [0.15, 0.2) is 36.4 Å². The second-order valence-electron chi connectivity index (χ2n) is 5.98. The molecule has 0 spiro atoms. The van der Waals surface area contributed by atoms with Crippen molar-refractivity contribution in [3.8, 4) is 0 Å². The fourth-order valence-electron chi connectivity index (χ4n) is 3.20. The van der Waals surface area contributed by atoms with E-state index in [9.17, 15) is 0 Å². The van der Waals surface area contributed by atoms with Gasteiger partial charge in [-0.3, -0.25) is 0 Å². The Bertz CT molecular complexity index is 574. The molecule has 3 heteroatoms. The molecular formula is C18H23N3. The molecule has 1 saturated heterocycles. The van der Waals surface area contributed by atoms with Crippen molar-refractivity contribution in [2.45, 2.75) is 39.0 Å². The smallest absolute Gasteiger partial charge is 0.225 e. The minimum absolute atomic E-state index is 0.669. The number of aryl methyl sites for hydroxylation is 2. The van der Waals surface area contributed by atoms with Gasteiger partial charge in [-0.1, -0.05) is 30.3 Å². The summed E-state index contributed by atoms with van der Waals surface area (Å²) in [7, 11) is 0. The number of aromatic nitrogens is 2. The topological polar surface area (TPSA) is 29.0 Å². The van der Waals surface area contributed by atoms with Gasteiger partial charge < -0.3 is 4.90 Å². The lowest BCUT2D eigenvalue weighted by atomic mass is 9.92. The molecule has 0 amide bonds. The molecule has 2 heterocycles. The van der Waals surface area contributed by atoms with E-state index in [0.717, 1.165) is 30.4 Å². The zero-order valence-corrected chi connectivity index (χ0v) is 12.9. The molecule has 0 N–H and O–H groups in total. The van der Waals surface area contributed by atoms with Crippen LogP contribution in [0.4, 0.5) is 5.95 Å². The summed E-state index contributed by atoms with van der Waals surface area (Å²) < 4.78 is 0. The van der Waals surface area contributed by atoms with Crippen LogP contribution in [0.3, 0.4) is 0 Å². The fraction of sp³-hybridized carbons (Fsp3) is 0.444. The highest BCUT2D eigenvalue weighted by Crippen LogP contribution is 2.29. The van der Waals surface area contributed by atoms with Crippen LogP contribution in [0, 0.1) is 13.8 Å². The molecule has 1 fully saturated rings. The van der Waals surface area contributed by atoms with Crippen LogP contribution in [0.1, 0.15) is 42.1 Å². The van der Waals surface area contributed by atoms with Gasteiger partial charge in [0.2, 0.25) is 5.95 Å². The first-order valence-electron chi connectivity index (χ1n) is 7.84. The van der Waals surface area contributed by atoms with E-state index < -0.39 is 0 Å². The van der Waals surface area contributed by atoms with Gasteiger partial charge in [0.25, 0.3) is 0 Å². The SMILES string of the molecule is Cc1cc(C)nc(N2CCCC(c3ccccc3)CC2)n1. The van der Waals surface area contributed by atoms with E-state index in [4.69, 9.17) is 0 Å². The molecule has 3 rings (SSSR count). The first kappa shape index (κ1) is 14.1. The van der Waals surface area contributed by atoms with Crippen molar-refractivity contribution < 1.29 is 0 Å². The highest BCUT2D eigenvalue weighted by molar-refractivity contribution is 5.33. The van der Waals surface area contributed by atoms with Crippen LogP contribution in [0.25, 0.3) is 0 Å². The minimum atomic E-state index is 0.669. The lowest BCUT2D eigenvalue weighted by Gasteiger charge is -2.21. The second kappa shape index (κ2) is 6.25. The first-order chi connectivity index (χ1) is 10.2. The molecular weight excluding hydrogens is 258 g/mol. The Morgan fingerprint density at radius 3 is 2.38 bits per heavy atom. The van der Waals surface area contributed by atoms with Gasteiger partial charge in [-0.05, 0) is 50.7 Å². The zero-order valence-electron chi connectivity index (χ0n) is 12.9. The largest absolute Gasteiger partial charge is 0.341 e. The van der Waals surface area contributed by atoms with Crippen LogP contribution >= 0.6 is 0 Å². The molecule has 0 saturated carbocycles. The van der Waals surface area contributed by atoms with Gasteiger partial charge in [0, 0.05) is 24.5 Å². The quantitative estimate of drug-likeness (QED) is 0.837. The average Bonchev–Trinajstić information content (AvgIpc) is 2.73. The normalized spacial score (nSPS) is 19.3. The predicted octanol–water partition coefficient (Wildman–Crippen LogP) is 3.87. The zero-order chi connectivity index (χ0) is 14.7. The molecule has 1 unspecified atom stereocenters. The Morgan fingerprint density at radius 1 is 0.952 bits per heavy atom. The second-order valence-corrected chi connectivity index (χ2v) is 5.98. The van der Waals surface area contributed by atoms with Crippen molar-refractivity contribution in [3.05, 3.63) is 53.3 Å². The van der Waals surface area contributed by atoms with Gasteiger partial charge in [-0.15, -0.1) is 0 Å². The lowest BCUT2D eigenvalue weighted by Crippen LogP contribution is -2.26. The number of hydrogen-bond donors (Lipinski definition) is 0. The molecule has 1 atom stereocenters. The Labute approximate surface area is 127 Å². The molecule has 2 aromatic rings. The number of rotatable bonds is 2. The van der Waals surface area contributed by atoms with Crippen LogP contribution < -0.4 is 4.90 Å². The van der Waals surface area contributed by atoms with Gasteiger partial charge >= 0.3 is 0 Å². The molecule has 0 bridgehead atoms. The third-order valence-electron chi connectivity index (χ3n) is 4.25. The summed E-state index contributed by atoms with van der Waals surface area (Å²) >= 11 is 0.